The molecule has 110 valence electrons. The van der Waals surface area contributed by atoms with Crippen molar-refractivity contribution in [2.75, 3.05) is 0 Å². The van der Waals surface area contributed by atoms with Crippen LogP contribution in [0.5, 0.6) is 0 Å². The summed E-state index contributed by atoms with van der Waals surface area (Å²) in [5, 5.41) is 2.84. The monoisotopic (exact) mass is 268 g/mol. The van der Waals surface area contributed by atoms with Crippen LogP contribution in [0.15, 0.2) is 0 Å². The van der Waals surface area contributed by atoms with Crippen LogP contribution in [0, 0.1) is 5.92 Å². The number of rotatable bonds is 6. The highest BCUT2D eigenvalue weighted by Gasteiger charge is 2.39. The average Bonchev–Trinajstić information content (AvgIpc) is 2.36. The van der Waals surface area contributed by atoms with Crippen LogP contribution < -0.4 is 5.32 Å². The highest BCUT2D eigenvalue weighted by atomic mass is 16.2. The van der Waals surface area contributed by atoms with Crippen molar-refractivity contribution in [3.8, 4) is 0 Å². The fourth-order valence-corrected chi connectivity index (χ4v) is 2.80. The molecular formula is C15H28N2O2. The smallest absolute Gasteiger partial charge is 0.246 e. The molecule has 0 aromatic rings. The molecule has 0 saturated carbocycles. The van der Waals surface area contributed by atoms with Gasteiger partial charge in [0.25, 0.3) is 0 Å². The first-order valence-electron chi connectivity index (χ1n) is 7.54. The van der Waals surface area contributed by atoms with E-state index in [4.69, 9.17) is 0 Å². The van der Waals surface area contributed by atoms with E-state index in [9.17, 15) is 9.59 Å². The predicted molar refractivity (Wildman–Crippen MR) is 76.7 cm³/mol. The summed E-state index contributed by atoms with van der Waals surface area (Å²) >= 11 is 0. The van der Waals surface area contributed by atoms with Crippen molar-refractivity contribution in [3.63, 3.8) is 0 Å². The molecule has 2 amide bonds. The molecule has 1 rings (SSSR count). The molecule has 0 aliphatic carbocycles. The Morgan fingerprint density at radius 2 is 1.89 bits per heavy atom. The van der Waals surface area contributed by atoms with Gasteiger partial charge in [-0.1, -0.05) is 33.6 Å². The summed E-state index contributed by atoms with van der Waals surface area (Å²) in [6, 6.07) is -0.546. The third-order valence-corrected chi connectivity index (χ3v) is 4.16. The Morgan fingerprint density at radius 1 is 1.26 bits per heavy atom. The van der Waals surface area contributed by atoms with Crippen LogP contribution in [0.2, 0.25) is 0 Å². The highest BCUT2D eigenvalue weighted by Crippen LogP contribution is 2.21. The number of nitrogens with one attached hydrogen (secondary N) is 1. The molecule has 1 aliphatic rings. The number of carbonyl (C=O) groups is 2. The summed E-state index contributed by atoms with van der Waals surface area (Å²) in [5.41, 5.74) is 0. The Kier molecular flexibility index (Phi) is 5.83. The standard InChI is InChI=1S/C15H28N2O2/c1-6-8-13-15(19)17(12(5)14(18)16-13)11(4)9-10(3)7-2/h10-13H,6-9H2,1-5H3,(H,16,18). The molecule has 1 N–H and O–H groups in total. The fourth-order valence-electron chi connectivity index (χ4n) is 2.80. The summed E-state index contributed by atoms with van der Waals surface area (Å²) in [6.07, 6.45) is 3.69. The zero-order valence-electron chi connectivity index (χ0n) is 12.9. The molecule has 4 heteroatoms. The van der Waals surface area contributed by atoms with Gasteiger partial charge >= 0.3 is 0 Å². The molecule has 0 spiro atoms. The van der Waals surface area contributed by atoms with E-state index in [1.54, 1.807) is 4.90 Å². The second kappa shape index (κ2) is 6.92. The van der Waals surface area contributed by atoms with Gasteiger partial charge in [-0.15, -0.1) is 0 Å². The maximum atomic E-state index is 12.5. The van der Waals surface area contributed by atoms with Gasteiger partial charge in [0, 0.05) is 6.04 Å². The van der Waals surface area contributed by atoms with E-state index >= 15 is 0 Å². The van der Waals surface area contributed by atoms with Gasteiger partial charge in [0.2, 0.25) is 11.8 Å². The minimum atomic E-state index is -0.348. The van der Waals surface area contributed by atoms with Crippen molar-refractivity contribution in [3.05, 3.63) is 0 Å². The first-order valence-corrected chi connectivity index (χ1v) is 7.54. The lowest BCUT2D eigenvalue weighted by Crippen LogP contribution is -2.64. The molecule has 19 heavy (non-hydrogen) atoms. The number of nitrogens with zero attached hydrogens (tertiary/aromatic N) is 1. The minimum absolute atomic E-state index is 0.0194. The Morgan fingerprint density at radius 3 is 2.42 bits per heavy atom. The maximum Gasteiger partial charge on any atom is 0.246 e. The topological polar surface area (TPSA) is 49.4 Å². The Hall–Kier alpha value is -1.06. The van der Waals surface area contributed by atoms with Crippen LogP contribution >= 0.6 is 0 Å². The van der Waals surface area contributed by atoms with Crippen LogP contribution in [0.25, 0.3) is 0 Å². The van der Waals surface area contributed by atoms with Crippen LogP contribution in [0.1, 0.15) is 60.3 Å². The summed E-state index contributed by atoms with van der Waals surface area (Å²) < 4.78 is 0. The maximum absolute atomic E-state index is 12.5. The first-order chi connectivity index (χ1) is 8.92. The molecule has 1 aliphatic heterocycles. The Bertz CT molecular complexity index is 330. The highest BCUT2D eigenvalue weighted by molar-refractivity contribution is 5.96. The molecule has 4 unspecified atom stereocenters. The number of amides is 2. The average molecular weight is 268 g/mol. The molecule has 1 heterocycles. The van der Waals surface area contributed by atoms with Crippen molar-refractivity contribution in [1.82, 2.24) is 10.2 Å². The van der Waals surface area contributed by atoms with E-state index in [0.29, 0.717) is 5.92 Å². The molecule has 0 aromatic carbocycles. The summed E-state index contributed by atoms with van der Waals surface area (Å²) in [7, 11) is 0. The molecule has 0 radical (unpaired) electrons. The predicted octanol–water partition coefficient (Wildman–Crippen LogP) is 2.33. The summed E-state index contributed by atoms with van der Waals surface area (Å²) in [6.45, 7) is 10.3. The fraction of sp³-hybridized carbons (Fsp3) is 0.867. The largest absolute Gasteiger partial charge is 0.343 e. The van der Waals surface area contributed by atoms with Gasteiger partial charge in [-0.3, -0.25) is 9.59 Å². The SMILES string of the molecule is CCCC1NC(=O)C(C)N(C(C)CC(C)CC)C1=O. The van der Waals surface area contributed by atoms with Crippen molar-refractivity contribution in [2.45, 2.75) is 78.4 Å². The normalized spacial score (nSPS) is 27.1. The van der Waals surface area contributed by atoms with Crippen LogP contribution in [0.4, 0.5) is 0 Å². The lowest BCUT2D eigenvalue weighted by atomic mass is 9.95. The summed E-state index contributed by atoms with van der Waals surface area (Å²) in [4.78, 5) is 26.3. The zero-order valence-corrected chi connectivity index (χ0v) is 12.9. The van der Waals surface area contributed by atoms with E-state index in [0.717, 1.165) is 25.7 Å². The Labute approximate surface area is 116 Å². The van der Waals surface area contributed by atoms with Crippen molar-refractivity contribution in [2.24, 2.45) is 5.92 Å². The molecule has 1 fully saturated rings. The van der Waals surface area contributed by atoms with Gasteiger partial charge in [0.05, 0.1) is 0 Å². The van der Waals surface area contributed by atoms with Crippen molar-refractivity contribution < 1.29 is 9.59 Å². The van der Waals surface area contributed by atoms with E-state index in [1.807, 2.05) is 13.8 Å². The third kappa shape index (κ3) is 3.71. The van der Waals surface area contributed by atoms with Crippen LogP contribution in [-0.2, 0) is 9.59 Å². The van der Waals surface area contributed by atoms with E-state index in [1.165, 1.54) is 0 Å². The van der Waals surface area contributed by atoms with E-state index < -0.39 is 0 Å². The molecular weight excluding hydrogens is 240 g/mol. The first kappa shape index (κ1) is 16.0. The molecule has 1 saturated heterocycles. The van der Waals surface area contributed by atoms with Crippen molar-refractivity contribution in [1.29, 1.82) is 0 Å². The van der Waals surface area contributed by atoms with Gasteiger partial charge in [0.15, 0.2) is 0 Å². The van der Waals surface area contributed by atoms with Crippen molar-refractivity contribution >= 4 is 11.8 Å². The summed E-state index contributed by atoms with van der Waals surface area (Å²) in [5.74, 6) is 0.642. The minimum Gasteiger partial charge on any atom is -0.343 e. The molecule has 0 aromatic heterocycles. The van der Waals surface area contributed by atoms with E-state index in [2.05, 4.69) is 26.1 Å². The lowest BCUT2D eigenvalue weighted by molar-refractivity contribution is -0.151. The van der Waals surface area contributed by atoms with Crippen LogP contribution in [0.3, 0.4) is 0 Å². The number of hydrogen-bond acceptors (Lipinski definition) is 2. The Balaban J connectivity index is 2.81. The third-order valence-electron chi connectivity index (χ3n) is 4.16. The lowest BCUT2D eigenvalue weighted by Gasteiger charge is -2.41. The quantitative estimate of drug-likeness (QED) is 0.803. The molecule has 4 atom stereocenters. The van der Waals surface area contributed by atoms with Gasteiger partial charge in [-0.2, -0.15) is 0 Å². The van der Waals surface area contributed by atoms with Crippen LogP contribution in [-0.4, -0.2) is 34.8 Å². The molecule has 4 nitrogen and oxygen atoms in total. The number of hydrogen-bond donors (Lipinski definition) is 1. The second-order valence-corrected chi connectivity index (χ2v) is 5.87. The second-order valence-electron chi connectivity index (χ2n) is 5.87. The van der Waals surface area contributed by atoms with Gasteiger partial charge < -0.3 is 10.2 Å². The van der Waals surface area contributed by atoms with E-state index in [-0.39, 0.29) is 29.9 Å². The van der Waals surface area contributed by atoms with Gasteiger partial charge in [-0.05, 0) is 32.6 Å². The van der Waals surface area contributed by atoms with Gasteiger partial charge in [0.1, 0.15) is 12.1 Å². The zero-order chi connectivity index (χ0) is 14.6. The van der Waals surface area contributed by atoms with Gasteiger partial charge in [-0.25, -0.2) is 0 Å². The molecule has 0 bridgehead atoms. The number of carbonyl (C=O) groups excluding carboxylic acids is 2. The number of piperazine rings is 1.